The molecule has 2 aromatic heterocycles. The van der Waals surface area contributed by atoms with E-state index in [9.17, 15) is 4.79 Å². The van der Waals surface area contributed by atoms with Gasteiger partial charge < -0.3 is 10.2 Å². The van der Waals surface area contributed by atoms with Crippen molar-refractivity contribution in [2.45, 2.75) is 32.6 Å². The molecular weight excluding hydrogens is 404 g/mol. The Bertz CT molecular complexity index is 988. The van der Waals surface area contributed by atoms with E-state index in [4.69, 9.17) is 11.6 Å². The van der Waals surface area contributed by atoms with Gasteiger partial charge in [-0.3, -0.25) is 4.79 Å². The largest absolute Gasteiger partial charge is 0.355 e. The van der Waals surface area contributed by atoms with Gasteiger partial charge >= 0.3 is 0 Å². The molecule has 0 bridgehead atoms. The fourth-order valence-corrected chi connectivity index (χ4v) is 4.88. The fourth-order valence-electron chi connectivity index (χ4n) is 3.83. The summed E-state index contributed by atoms with van der Waals surface area (Å²) < 4.78 is 0. The maximum atomic E-state index is 12.7. The maximum Gasteiger partial charge on any atom is 0.224 e. The van der Waals surface area contributed by atoms with Crippen LogP contribution in [0.4, 0.5) is 5.82 Å². The number of aromatic nitrogens is 2. The standard InChI is InChI=1S/C22H25ClN4OS/c1-2-18-12-19-20(25-14-26-22(19)29-18)27-11-3-4-16(13-27)21(28)24-10-9-15-5-7-17(23)8-6-15/h5-8,12,14,16H,2-4,9-11,13H2,1H3,(H,24,28). The van der Waals surface area contributed by atoms with Crippen LogP contribution in [0.25, 0.3) is 10.2 Å². The van der Waals surface area contributed by atoms with Crippen molar-refractivity contribution in [3.8, 4) is 0 Å². The maximum absolute atomic E-state index is 12.7. The summed E-state index contributed by atoms with van der Waals surface area (Å²) in [7, 11) is 0. The Hall–Kier alpha value is -2.18. The fraction of sp³-hybridized carbons (Fsp3) is 0.409. The van der Waals surface area contributed by atoms with Crippen LogP contribution >= 0.6 is 22.9 Å². The molecule has 1 N–H and O–H groups in total. The van der Waals surface area contributed by atoms with Gasteiger partial charge in [-0.2, -0.15) is 0 Å². The molecule has 0 radical (unpaired) electrons. The van der Waals surface area contributed by atoms with Crippen molar-refractivity contribution < 1.29 is 4.79 Å². The summed E-state index contributed by atoms with van der Waals surface area (Å²) in [4.78, 5) is 26.3. The number of nitrogens with zero attached hydrogens (tertiary/aromatic N) is 3. The lowest BCUT2D eigenvalue weighted by atomic mass is 9.97. The highest BCUT2D eigenvalue weighted by atomic mass is 35.5. The molecule has 1 aliphatic heterocycles. The summed E-state index contributed by atoms with van der Waals surface area (Å²) in [6.07, 6.45) is 5.36. The van der Waals surface area contributed by atoms with Crippen molar-refractivity contribution in [1.82, 2.24) is 15.3 Å². The van der Waals surface area contributed by atoms with E-state index < -0.39 is 0 Å². The SMILES string of the molecule is CCc1cc2c(N3CCCC(C(=O)NCCc4ccc(Cl)cc4)C3)ncnc2s1. The van der Waals surface area contributed by atoms with Gasteiger partial charge in [0.25, 0.3) is 0 Å². The molecule has 1 aromatic carbocycles. The first-order valence-electron chi connectivity index (χ1n) is 10.1. The van der Waals surface area contributed by atoms with E-state index in [0.29, 0.717) is 13.1 Å². The topological polar surface area (TPSA) is 58.1 Å². The van der Waals surface area contributed by atoms with Crippen molar-refractivity contribution in [2.24, 2.45) is 5.92 Å². The second kappa shape index (κ2) is 9.09. The Labute approximate surface area is 180 Å². The first-order valence-corrected chi connectivity index (χ1v) is 11.3. The summed E-state index contributed by atoms with van der Waals surface area (Å²) in [5.74, 6) is 1.08. The number of amides is 1. The van der Waals surface area contributed by atoms with E-state index >= 15 is 0 Å². The van der Waals surface area contributed by atoms with E-state index in [1.807, 2.05) is 24.3 Å². The molecule has 1 aliphatic rings. The van der Waals surface area contributed by atoms with Crippen LogP contribution in [0.5, 0.6) is 0 Å². The van der Waals surface area contributed by atoms with Crippen molar-refractivity contribution in [3.63, 3.8) is 0 Å². The minimum atomic E-state index is -0.0109. The van der Waals surface area contributed by atoms with Crippen LogP contribution < -0.4 is 10.2 Å². The zero-order valence-electron chi connectivity index (χ0n) is 16.5. The Morgan fingerprint density at radius 3 is 2.93 bits per heavy atom. The van der Waals surface area contributed by atoms with Crippen molar-refractivity contribution in [3.05, 3.63) is 52.1 Å². The van der Waals surface area contributed by atoms with E-state index in [0.717, 1.165) is 53.3 Å². The number of carbonyl (C=O) groups excluding carboxylic acids is 1. The lowest BCUT2D eigenvalue weighted by Crippen LogP contribution is -2.43. The van der Waals surface area contributed by atoms with Gasteiger partial charge in [0.1, 0.15) is 17.0 Å². The van der Waals surface area contributed by atoms with Gasteiger partial charge in [0.15, 0.2) is 0 Å². The second-order valence-electron chi connectivity index (χ2n) is 7.44. The summed E-state index contributed by atoms with van der Waals surface area (Å²) in [5, 5.41) is 4.95. The third kappa shape index (κ3) is 4.70. The molecule has 0 aliphatic carbocycles. The highest BCUT2D eigenvalue weighted by molar-refractivity contribution is 7.18. The molecule has 3 heterocycles. The molecule has 29 heavy (non-hydrogen) atoms. The van der Waals surface area contributed by atoms with Crippen molar-refractivity contribution in [2.75, 3.05) is 24.5 Å². The number of piperidine rings is 1. The van der Waals surface area contributed by atoms with Crippen LogP contribution in [0, 0.1) is 5.92 Å². The molecule has 3 aromatic rings. The quantitative estimate of drug-likeness (QED) is 0.628. The van der Waals surface area contributed by atoms with Crippen LogP contribution in [-0.4, -0.2) is 35.5 Å². The first-order chi connectivity index (χ1) is 14.1. The minimum Gasteiger partial charge on any atom is -0.355 e. The smallest absolute Gasteiger partial charge is 0.224 e. The number of rotatable bonds is 6. The van der Waals surface area contributed by atoms with Gasteiger partial charge in [0.2, 0.25) is 5.91 Å². The van der Waals surface area contributed by atoms with Crippen molar-refractivity contribution >= 4 is 44.9 Å². The molecule has 152 valence electrons. The zero-order valence-corrected chi connectivity index (χ0v) is 18.1. The van der Waals surface area contributed by atoms with Crippen LogP contribution in [0.15, 0.2) is 36.7 Å². The number of hydrogen-bond donors (Lipinski definition) is 1. The van der Waals surface area contributed by atoms with Crippen LogP contribution in [-0.2, 0) is 17.6 Å². The van der Waals surface area contributed by atoms with E-state index in [2.05, 4.69) is 33.2 Å². The number of thiophene rings is 1. The predicted molar refractivity (Wildman–Crippen MR) is 120 cm³/mol. The molecule has 4 rings (SSSR count). The Kier molecular flexibility index (Phi) is 6.31. The van der Waals surface area contributed by atoms with Gasteiger partial charge in [0, 0.05) is 29.5 Å². The van der Waals surface area contributed by atoms with Gasteiger partial charge in [-0.15, -0.1) is 11.3 Å². The summed E-state index contributed by atoms with van der Waals surface area (Å²) in [5.41, 5.74) is 1.17. The van der Waals surface area contributed by atoms with Gasteiger partial charge in [-0.1, -0.05) is 30.7 Å². The lowest BCUT2D eigenvalue weighted by molar-refractivity contribution is -0.125. The number of anilines is 1. The average Bonchev–Trinajstić information content (AvgIpc) is 3.18. The third-order valence-corrected chi connectivity index (χ3v) is 6.87. The molecular formula is C22H25ClN4OS. The number of benzene rings is 1. The number of aryl methyl sites for hydroxylation is 1. The van der Waals surface area contributed by atoms with Gasteiger partial charge in [-0.25, -0.2) is 9.97 Å². The number of carbonyl (C=O) groups is 1. The Morgan fingerprint density at radius 1 is 1.31 bits per heavy atom. The molecule has 1 saturated heterocycles. The average molecular weight is 429 g/mol. The number of nitrogens with one attached hydrogen (secondary N) is 1. The first kappa shape index (κ1) is 20.1. The molecule has 0 saturated carbocycles. The van der Waals surface area contributed by atoms with Crippen LogP contribution in [0.1, 0.15) is 30.2 Å². The molecule has 1 unspecified atom stereocenters. The summed E-state index contributed by atoms with van der Waals surface area (Å²) in [6, 6.07) is 9.97. The lowest BCUT2D eigenvalue weighted by Gasteiger charge is -2.33. The second-order valence-corrected chi connectivity index (χ2v) is 8.99. The molecule has 7 heteroatoms. The molecule has 1 fully saturated rings. The van der Waals surface area contributed by atoms with Crippen molar-refractivity contribution in [1.29, 1.82) is 0 Å². The molecule has 1 amide bonds. The summed E-state index contributed by atoms with van der Waals surface area (Å²) in [6.45, 7) is 4.43. The molecule has 1 atom stereocenters. The highest BCUT2D eigenvalue weighted by Gasteiger charge is 2.27. The highest BCUT2D eigenvalue weighted by Crippen LogP contribution is 2.32. The summed E-state index contributed by atoms with van der Waals surface area (Å²) >= 11 is 7.65. The molecule has 0 spiro atoms. The minimum absolute atomic E-state index is 0.0109. The van der Waals surface area contributed by atoms with Gasteiger partial charge in [-0.05, 0) is 49.4 Å². The van der Waals surface area contributed by atoms with Gasteiger partial charge in [0.05, 0.1) is 11.3 Å². The monoisotopic (exact) mass is 428 g/mol. The third-order valence-electron chi connectivity index (χ3n) is 5.43. The number of fused-ring (bicyclic) bond motifs is 1. The van der Waals surface area contributed by atoms with E-state index in [1.54, 1.807) is 17.7 Å². The normalized spacial score (nSPS) is 16.9. The number of hydrogen-bond acceptors (Lipinski definition) is 5. The van der Waals surface area contributed by atoms with E-state index in [1.165, 1.54) is 10.4 Å². The Morgan fingerprint density at radius 2 is 2.14 bits per heavy atom. The zero-order chi connectivity index (χ0) is 20.2. The van der Waals surface area contributed by atoms with Crippen LogP contribution in [0.3, 0.4) is 0 Å². The molecule has 5 nitrogen and oxygen atoms in total. The number of halogens is 1. The predicted octanol–water partition coefficient (Wildman–Crippen LogP) is 4.48. The van der Waals surface area contributed by atoms with Crippen LogP contribution in [0.2, 0.25) is 5.02 Å². The van der Waals surface area contributed by atoms with E-state index in [-0.39, 0.29) is 11.8 Å². The Balaban J connectivity index is 1.38.